The standard InChI is InChI=1S/C12H17N5O/c1-9(2)18-11-4-6-13-12(15-11)14-8-10-5-7-17(3)16-10/h4-7,9H,8H2,1-3H3,(H,13,14,15). The Kier molecular flexibility index (Phi) is 3.76. The first kappa shape index (κ1) is 12.3. The molecule has 18 heavy (non-hydrogen) atoms. The van der Waals surface area contributed by atoms with Gasteiger partial charge in [-0.3, -0.25) is 4.68 Å². The van der Waals surface area contributed by atoms with Gasteiger partial charge in [-0.2, -0.15) is 10.1 Å². The van der Waals surface area contributed by atoms with Crippen molar-refractivity contribution in [2.75, 3.05) is 5.32 Å². The smallest absolute Gasteiger partial charge is 0.226 e. The molecule has 2 heterocycles. The van der Waals surface area contributed by atoms with Crippen LogP contribution in [0.4, 0.5) is 5.95 Å². The first-order valence-corrected chi connectivity index (χ1v) is 5.85. The van der Waals surface area contributed by atoms with E-state index in [4.69, 9.17) is 4.74 Å². The highest BCUT2D eigenvalue weighted by atomic mass is 16.5. The molecule has 0 fully saturated rings. The molecule has 0 aliphatic heterocycles. The number of aryl methyl sites for hydroxylation is 1. The Bertz CT molecular complexity index is 509. The third kappa shape index (κ3) is 3.44. The Morgan fingerprint density at radius 3 is 2.89 bits per heavy atom. The van der Waals surface area contributed by atoms with Crippen LogP contribution in [0.5, 0.6) is 5.88 Å². The number of aromatic nitrogens is 4. The van der Waals surface area contributed by atoms with Crippen LogP contribution in [0.15, 0.2) is 24.5 Å². The maximum absolute atomic E-state index is 5.50. The molecule has 0 saturated carbocycles. The zero-order valence-electron chi connectivity index (χ0n) is 10.8. The maximum atomic E-state index is 5.50. The fourth-order valence-corrected chi connectivity index (χ4v) is 1.46. The molecular weight excluding hydrogens is 230 g/mol. The average molecular weight is 247 g/mol. The minimum atomic E-state index is 0.101. The molecule has 0 aromatic carbocycles. The van der Waals surface area contributed by atoms with Crippen LogP contribution in [0, 0.1) is 0 Å². The molecule has 0 amide bonds. The van der Waals surface area contributed by atoms with Gasteiger partial charge in [0.2, 0.25) is 11.8 Å². The number of nitrogens with zero attached hydrogens (tertiary/aromatic N) is 4. The minimum Gasteiger partial charge on any atom is -0.475 e. The molecule has 0 atom stereocenters. The van der Waals surface area contributed by atoms with Gasteiger partial charge in [0.1, 0.15) is 0 Å². The first-order valence-electron chi connectivity index (χ1n) is 5.85. The summed E-state index contributed by atoms with van der Waals surface area (Å²) in [6, 6.07) is 3.69. The lowest BCUT2D eigenvalue weighted by Crippen LogP contribution is -2.09. The lowest BCUT2D eigenvalue weighted by Gasteiger charge is -2.09. The molecule has 2 aromatic heterocycles. The van der Waals surface area contributed by atoms with Gasteiger partial charge in [0.25, 0.3) is 0 Å². The number of hydrogen-bond acceptors (Lipinski definition) is 5. The first-order chi connectivity index (χ1) is 8.63. The van der Waals surface area contributed by atoms with Crippen LogP contribution in [0.2, 0.25) is 0 Å². The Hall–Kier alpha value is -2.11. The van der Waals surface area contributed by atoms with Gasteiger partial charge in [-0.1, -0.05) is 0 Å². The second-order valence-corrected chi connectivity index (χ2v) is 4.22. The fourth-order valence-electron chi connectivity index (χ4n) is 1.46. The molecule has 6 heteroatoms. The summed E-state index contributed by atoms with van der Waals surface area (Å²) in [5.41, 5.74) is 0.941. The third-order valence-corrected chi connectivity index (χ3v) is 2.18. The summed E-state index contributed by atoms with van der Waals surface area (Å²) in [5.74, 6) is 1.11. The summed E-state index contributed by atoms with van der Waals surface area (Å²) in [6.45, 7) is 4.51. The topological polar surface area (TPSA) is 64.9 Å². The molecule has 2 aromatic rings. The molecule has 0 saturated heterocycles. The van der Waals surface area contributed by atoms with Crippen molar-refractivity contribution in [3.63, 3.8) is 0 Å². The molecule has 0 radical (unpaired) electrons. The average Bonchev–Trinajstić information content (AvgIpc) is 2.72. The minimum absolute atomic E-state index is 0.101. The Balaban J connectivity index is 1.96. The quantitative estimate of drug-likeness (QED) is 0.869. The van der Waals surface area contributed by atoms with Crippen molar-refractivity contribution in [1.29, 1.82) is 0 Å². The highest BCUT2D eigenvalue weighted by Crippen LogP contribution is 2.10. The molecule has 0 spiro atoms. The van der Waals surface area contributed by atoms with Gasteiger partial charge in [-0.15, -0.1) is 0 Å². The second-order valence-electron chi connectivity index (χ2n) is 4.22. The van der Waals surface area contributed by atoms with Crippen molar-refractivity contribution in [1.82, 2.24) is 19.7 Å². The van der Waals surface area contributed by atoms with Crippen LogP contribution in [-0.4, -0.2) is 25.9 Å². The lowest BCUT2D eigenvalue weighted by molar-refractivity contribution is 0.232. The predicted octanol–water partition coefficient (Wildman–Crippen LogP) is 1.61. The van der Waals surface area contributed by atoms with Gasteiger partial charge in [0.15, 0.2) is 0 Å². The highest BCUT2D eigenvalue weighted by molar-refractivity contribution is 5.28. The summed E-state index contributed by atoms with van der Waals surface area (Å²) < 4.78 is 7.26. The van der Waals surface area contributed by atoms with E-state index in [0.29, 0.717) is 18.4 Å². The van der Waals surface area contributed by atoms with E-state index in [1.165, 1.54) is 0 Å². The zero-order valence-corrected chi connectivity index (χ0v) is 10.8. The van der Waals surface area contributed by atoms with E-state index in [2.05, 4.69) is 20.4 Å². The van der Waals surface area contributed by atoms with E-state index in [1.807, 2.05) is 33.2 Å². The van der Waals surface area contributed by atoms with Crippen LogP contribution in [0.3, 0.4) is 0 Å². The van der Waals surface area contributed by atoms with E-state index in [1.54, 1.807) is 16.9 Å². The number of nitrogens with one attached hydrogen (secondary N) is 1. The summed E-state index contributed by atoms with van der Waals surface area (Å²) in [5, 5.41) is 7.37. The van der Waals surface area contributed by atoms with E-state index >= 15 is 0 Å². The lowest BCUT2D eigenvalue weighted by atomic mass is 10.4. The van der Waals surface area contributed by atoms with Gasteiger partial charge in [-0.05, 0) is 19.9 Å². The molecule has 0 aliphatic carbocycles. The van der Waals surface area contributed by atoms with Gasteiger partial charge in [-0.25, -0.2) is 4.98 Å². The monoisotopic (exact) mass is 247 g/mol. The predicted molar refractivity (Wildman–Crippen MR) is 68.3 cm³/mol. The number of ether oxygens (including phenoxy) is 1. The van der Waals surface area contributed by atoms with Gasteiger partial charge in [0.05, 0.1) is 18.3 Å². The molecule has 6 nitrogen and oxygen atoms in total. The molecule has 2 rings (SSSR count). The van der Waals surface area contributed by atoms with Crippen molar-refractivity contribution in [2.24, 2.45) is 7.05 Å². The molecule has 96 valence electrons. The molecular formula is C12H17N5O. The third-order valence-electron chi connectivity index (χ3n) is 2.18. The van der Waals surface area contributed by atoms with Crippen molar-refractivity contribution in [2.45, 2.75) is 26.5 Å². The van der Waals surface area contributed by atoms with Crippen LogP contribution < -0.4 is 10.1 Å². The Morgan fingerprint density at radius 2 is 2.22 bits per heavy atom. The summed E-state index contributed by atoms with van der Waals surface area (Å²) in [7, 11) is 1.89. The van der Waals surface area contributed by atoms with Gasteiger partial charge < -0.3 is 10.1 Å². The number of rotatable bonds is 5. The molecule has 0 bridgehead atoms. The largest absolute Gasteiger partial charge is 0.475 e. The van der Waals surface area contributed by atoms with E-state index in [0.717, 1.165) is 5.69 Å². The summed E-state index contributed by atoms with van der Waals surface area (Å²) in [6.07, 6.45) is 3.67. The fraction of sp³-hybridized carbons (Fsp3) is 0.417. The van der Waals surface area contributed by atoms with Gasteiger partial charge >= 0.3 is 0 Å². The van der Waals surface area contributed by atoms with Crippen LogP contribution >= 0.6 is 0 Å². The summed E-state index contributed by atoms with van der Waals surface area (Å²) in [4.78, 5) is 8.39. The normalized spacial score (nSPS) is 10.7. The van der Waals surface area contributed by atoms with Crippen LogP contribution in [0.1, 0.15) is 19.5 Å². The second kappa shape index (κ2) is 5.48. The van der Waals surface area contributed by atoms with Crippen molar-refractivity contribution < 1.29 is 4.74 Å². The highest BCUT2D eigenvalue weighted by Gasteiger charge is 2.03. The Labute approximate surface area is 106 Å². The van der Waals surface area contributed by atoms with Crippen LogP contribution in [-0.2, 0) is 13.6 Å². The molecule has 1 N–H and O–H groups in total. The van der Waals surface area contributed by atoms with E-state index < -0.39 is 0 Å². The van der Waals surface area contributed by atoms with E-state index in [-0.39, 0.29) is 6.10 Å². The summed E-state index contributed by atoms with van der Waals surface area (Å²) >= 11 is 0. The zero-order chi connectivity index (χ0) is 13.0. The Morgan fingerprint density at radius 1 is 1.39 bits per heavy atom. The number of anilines is 1. The van der Waals surface area contributed by atoms with Crippen molar-refractivity contribution >= 4 is 5.95 Å². The van der Waals surface area contributed by atoms with Crippen LogP contribution in [0.25, 0.3) is 0 Å². The van der Waals surface area contributed by atoms with Crippen molar-refractivity contribution in [3.05, 3.63) is 30.2 Å². The van der Waals surface area contributed by atoms with E-state index in [9.17, 15) is 0 Å². The number of hydrogen-bond donors (Lipinski definition) is 1. The maximum Gasteiger partial charge on any atom is 0.226 e. The SMILES string of the molecule is CC(C)Oc1ccnc(NCc2ccn(C)n2)n1. The molecule has 0 aliphatic rings. The molecule has 0 unspecified atom stereocenters. The van der Waals surface area contributed by atoms with Gasteiger partial charge in [0, 0.05) is 25.5 Å². The van der Waals surface area contributed by atoms with Crippen molar-refractivity contribution in [3.8, 4) is 5.88 Å².